The van der Waals surface area contributed by atoms with Crippen molar-refractivity contribution in [1.29, 1.82) is 5.26 Å². The van der Waals surface area contributed by atoms with Gasteiger partial charge in [0.2, 0.25) is 0 Å². The smallest absolute Gasteiger partial charge is 0.288 e. The lowest BCUT2D eigenvalue weighted by Crippen LogP contribution is -2.14. The number of halogens is 1. The topological polar surface area (TPSA) is 109 Å². The number of nitriles is 1. The summed E-state index contributed by atoms with van der Waals surface area (Å²) in [4.78, 5) is 22.9. The summed E-state index contributed by atoms with van der Waals surface area (Å²) in [6.07, 6.45) is 1.31. The number of anilines is 1. The molecule has 0 aliphatic heterocycles. The molecule has 0 atom stereocenters. The Kier molecular flexibility index (Phi) is 5.77. The number of aryl methyl sites for hydroxylation is 1. The molecular formula is C21H14ClN3O4. The zero-order valence-electron chi connectivity index (χ0n) is 15.2. The third-order valence-electron chi connectivity index (χ3n) is 4.10. The van der Waals surface area contributed by atoms with Gasteiger partial charge in [-0.2, -0.15) is 5.26 Å². The highest BCUT2D eigenvalue weighted by Crippen LogP contribution is 2.31. The average molecular weight is 408 g/mol. The number of carbonyl (C=O) groups is 1. The second kappa shape index (κ2) is 8.42. The van der Waals surface area contributed by atoms with Crippen LogP contribution in [0.2, 0.25) is 5.02 Å². The zero-order valence-corrected chi connectivity index (χ0v) is 15.9. The van der Waals surface area contributed by atoms with E-state index in [-0.39, 0.29) is 22.0 Å². The van der Waals surface area contributed by atoms with Gasteiger partial charge in [-0.15, -0.1) is 0 Å². The summed E-state index contributed by atoms with van der Waals surface area (Å²) in [7, 11) is 0. The minimum atomic E-state index is -0.584. The number of amides is 1. The second-order valence-electron chi connectivity index (χ2n) is 6.06. The van der Waals surface area contributed by atoms with Crippen molar-refractivity contribution in [3.8, 4) is 17.4 Å². The molecule has 0 saturated carbocycles. The molecule has 8 heteroatoms. The van der Waals surface area contributed by atoms with Crippen LogP contribution in [-0.4, -0.2) is 10.8 Å². The Morgan fingerprint density at radius 2 is 2.00 bits per heavy atom. The molecule has 1 aromatic heterocycles. The van der Waals surface area contributed by atoms with Gasteiger partial charge in [0.25, 0.3) is 11.6 Å². The molecule has 1 heterocycles. The van der Waals surface area contributed by atoms with Crippen LogP contribution in [0.5, 0.6) is 0 Å². The number of hydrogen-bond donors (Lipinski definition) is 1. The summed E-state index contributed by atoms with van der Waals surface area (Å²) in [6, 6.07) is 16.5. The van der Waals surface area contributed by atoms with Crippen LogP contribution in [0.4, 0.5) is 11.4 Å². The van der Waals surface area contributed by atoms with E-state index in [1.54, 1.807) is 30.3 Å². The maximum absolute atomic E-state index is 12.4. The SMILES string of the molecule is Cc1ccccc1NC(=O)/C(C#N)=C\c1ccc(-c2ccc(Cl)c([N+](=O)[O-])c2)o1. The van der Waals surface area contributed by atoms with Gasteiger partial charge < -0.3 is 9.73 Å². The van der Waals surface area contributed by atoms with Crippen LogP contribution in [0.1, 0.15) is 11.3 Å². The maximum atomic E-state index is 12.4. The molecule has 0 unspecified atom stereocenters. The number of furan rings is 1. The summed E-state index contributed by atoms with van der Waals surface area (Å²) in [5.41, 5.74) is 1.53. The quantitative estimate of drug-likeness (QED) is 0.265. The number of rotatable bonds is 5. The third kappa shape index (κ3) is 4.51. The van der Waals surface area contributed by atoms with Crippen molar-refractivity contribution < 1.29 is 14.1 Å². The molecule has 0 aliphatic rings. The summed E-state index contributed by atoms with van der Waals surface area (Å²) >= 11 is 5.82. The number of para-hydroxylation sites is 1. The summed E-state index contributed by atoms with van der Waals surface area (Å²) < 4.78 is 5.63. The molecule has 0 fully saturated rings. The second-order valence-corrected chi connectivity index (χ2v) is 6.47. The molecule has 1 N–H and O–H groups in total. The predicted octanol–water partition coefficient (Wildman–Crippen LogP) is 5.36. The molecule has 1 amide bonds. The summed E-state index contributed by atoms with van der Waals surface area (Å²) in [5.74, 6) is 0.0311. The van der Waals surface area contributed by atoms with Crippen molar-refractivity contribution in [1.82, 2.24) is 0 Å². The standard InChI is InChI=1S/C21H14ClN3O4/c1-13-4-2-3-5-18(13)24-21(26)15(12-23)10-16-7-9-20(29-16)14-6-8-17(22)19(11-14)25(27)28/h2-11H,1H3,(H,24,26)/b15-10-. The first-order valence-electron chi connectivity index (χ1n) is 8.42. The molecule has 0 radical (unpaired) electrons. The van der Waals surface area contributed by atoms with Crippen molar-refractivity contribution >= 4 is 35.0 Å². The highest BCUT2D eigenvalue weighted by atomic mass is 35.5. The minimum absolute atomic E-state index is 0.0186. The first-order valence-corrected chi connectivity index (χ1v) is 8.80. The minimum Gasteiger partial charge on any atom is -0.457 e. The van der Waals surface area contributed by atoms with Crippen LogP contribution in [0, 0.1) is 28.4 Å². The first-order chi connectivity index (χ1) is 13.9. The Bertz CT molecular complexity index is 1170. The lowest BCUT2D eigenvalue weighted by molar-refractivity contribution is -0.384. The van der Waals surface area contributed by atoms with E-state index in [1.807, 2.05) is 25.1 Å². The van der Waals surface area contributed by atoms with E-state index >= 15 is 0 Å². The highest BCUT2D eigenvalue weighted by Gasteiger charge is 2.16. The molecule has 2 aromatic carbocycles. The van der Waals surface area contributed by atoms with Crippen LogP contribution in [0.25, 0.3) is 17.4 Å². The fraction of sp³-hybridized carbons (Fsp3) is 0.0476. The number of nitrogens with one attached hydrogen (secondary N) is 1. The molecule has 144 valence electrons. The lowest BCUT2D eigenvalue weighted by atomic mass is 10.1. The van der Waals surface area contributed by atoms with Gasteiger partial charge in [0.15, 0.2) is 0 Å². The van der Waals surface area contributed by atoms with Gasteiger partial charge in [0, 0.05) is 23.4 Å². The van der Waals surface area contributed by atoms with Gasteiger partial charge in [0.1, 0.15) is 28.2 Å². The number of benzene rings is 2. The number of nitrogens with zero attached hydrogens (tertiary/aromatic N) is 2. The van der Waals surface area contributed by atoms with Crippen molar-refractivity contribution in [2.24, 2.45) is 0 Å². The van der Waals surface area contributed by atoms with Crippen molar-refractivity contribution in [3.05, 3.63) is 86.6 Å². The molecule has 0 aliphatic carbocycles. The normalized spacial score (nSPS) is 11.0. The van der Waals surface area contributed by atoms with E-state index in [1.165, 1.54) is 18.2 Å². The fourth-order valence-corrected chi connectivity index (χ4v) is 2.77. The van der Waals surface area contributed by atoms with Gasteiger partial charge in [-0.3, -0.25) is 14.9 Å². The van der Waals surface area contributed by atoms with Crippen molar-refractivity contribution in [2.75, 3.05) is 5.32 Å². The zero-order chi connectivity index (χ0) is 21.0. The largest absolute Gasteiger partial charge is 0.457 e. The number of nitro benzene ring substituents is 1. The van der Waals surface area contributed by atoms with Gasteiger partial charge in [-0.05, 0) is 42.8 Å². The van der Waals surface area contributed by atoms with Crippen molar-refractivity contribution in [2.45, 2.75) is 6.92 Å². The predicted molar refractivity (Wildman–Crippen MR) is 109 cm³/mol. The van der Waals surface area contributed by atoms with Crippen molar-refractivity contribution in [3.63, 3.8) is 0 Å². The Labute approximate surface area is 171 Å². The molecule has 3 rings (SSSR count). The van der Waals surface area contributed by atoms with Crippen LogP contribution in [-0.2, 0) is 4.79 Å². The van der Waals surface area contributed by atoms with Crippen LogP contribution >= 0.6 is 11.6 Å². The van der Waals surface area contributed by atoms with E-state index in [0.717, 1.165) is 5.56 Å². The molecular weight excluding hydrogens is 394 g/mol. The van der Waals surface area contributed by atoms with E-state index in [2.05, 4.69) is 5.32 Å². The molecule has 0 saturated heterocycles. The van der Waals surface area contributed by atoms with Crippen LogP contribution in [0.3, 0.4) is 0 Å². The number of nitro groups is 1. The van der Waals surface area contributed by atoms with E-state index < -0.39 is 10.8 Å². The van der Waals surface area contributed by atoms with Gasteiger partial charge in [-0.1, -0.05) is 29.8 Å². The lowest BCUT2D eigenvalue weighted by Gasteiger charge is -2.06. The number of hydrogen-bond acceptors (Lipinski definition) is 5. The fourth-order valence-electron chi connectivity index (χ4n) is 2.59. The summed E-state index contributed by atoms with van der Waals surface area (Å²) in [5, 5.41) is 23.1. The van der Waals surface area contributed by atoms with E-state index in [9.17, 15) is 20.2 Å². The van der Waals surface area contributed by atoms with Gasteiger partial charge in [0.05, 0.1) is 4.92 Å². The van der Waals surface area contributed by atoms with Gasteiger partial charge >= 0.3 is 0 Å². The van der Waals surface area contributed by atoms with E-state index in [4.69, 9.17) is 16.0 Å². The average Bonchev–Trinajstić information content (AvgIpc) is 3.16. The highest BCUT2D eigenvalue weighted by molar-refractivity contribution is 6.32. The first kappa shape index (κ1) is 19.9. The maximum Gasteiger partial charge on any atom is 0.288 e. The molecule has 29 heavy (non-hydrogen) atoms. The Hall–Kier alpha value is -3.89. The molecule has 0 spiro atoms. The molecule has 0 bridgehead atoms. The van der Waals surface area contributed by atoms with Gasteiger partial charge in [-0.25, -0.2) is 0 Å². The van der Waals surface area contributed by atoms with Crippen LogP contribution in [0.15, 0.2) is 64.6 Å². The van der Waals surface area contributed by atoms with Crippen LogP contribution < -0.4 is 5.32 Å². The molecule has 3 aromatic rings. The monoisotopic (exact) mass is 407 g/mol. The number of carbonyl (C=O) groups excluding carboxylic acids is 1. The Morgan fingerprint density at radius 3 is 2.69 bits per heavy atom. The summed E-state index contributed by atoms with van der Waals surface area (Å²) in [6.45, 7) is 1.84. The third-order valence-corrected chi connectivity index (χ3v) is 4.42. The van der Waals surface area contributed by atoms with E-state index in [0.29, 0.717) is 17.0 Å². The Balaban J connectivity index is 1.85. The molecule has 7 nitrogen and oxygen atoms in total. The Morgan fingerprint density at radius 1 is 1.24 bits per heavy atom.